The standard InChI is InChI=1S/C11H10ClFN4/c12-8-5-7(1-2-9(8)13)11-16-15-10-6-14-3-4-17(10)11/h1-2,5,14H,3-4,6H2. The van der Waals surface area contributed by atoms with E-state index in [4.69, 9.17) is 11.6 Å². The second kappa shape index (κ2) is 4.09. The van der Waals surface area contributed by atoms with Gasteiger partial charge in [-0.15, -0.1) is 10.2 Å². The van der Waals surface area contributed by atoms with Crippen LogP contribution in [0.1, 0.15) is 5.82 Å². The Labute approximate surface area is 102 Å². The average molecular weight is 253 g/mol. The number of fused-ring (bicyclic) bond motifs is 1. The van der Waals surface area contributed by atoms with Crippen LogP contribution < -0.4 is 5.32 Å². The molecule has 0 spiro atoms. The molecule has 0 amide bonds. The highest BCUT2D eigenvalue weighted by molar-refractivity contribution is 6.31. The van der Waals surface area contributed by atoms with Crippen LogP contribution in [-0.2, 0) is 13.1 Å². The molecule has 0 bridgehead atoms. The summed E-state index contributed by atoms with van der Waals surface area (Å²) in [6.45, 7) is 2.40. The fraction of sp³-hybridized carbons (Fsp3) is 0.273. The highest BCUT2D eigenvalue weighted by Crippen LogP contribution is 2.24. The Balaban J connectivity index is 2.09. The highest BCUT2D eigenvalue weighted by atomic mass is 35.5. The number of halogens is 2. The maximum absolute atomic E-state index is 13.1. The molecule has 0 unspecified atom stereocenters. The van der Waals surface area contributed by atoms with Gasteiger partial charge in [0.15, 0.2) is 5.82 Å². The smallest absolute Gasteiger partial charge is 0.164 e. The molecule has 6 heteroatoms. The molecule has 2 aromatic rings. The molecule has 3 rings (SSSR count). The van der Waals surface area contributed by atoms with Gasteiger partial charge in [0.25, 0.3) is 0 Å². The zero-order chi connectivity index (χ0) is 11.8. The molecule has 88 valence electrons. The van der Waals surface area contributed by atoms with E-state index in [0.29, 0.717) is 6.54 Å². The number of hydrogen-bond donors (Lipinski definition) is 1. The Morgan fingerprint density at radius 3 is 3.06 bits per heavy atom. The van der Waals surface area contributed by atoms with Crippen LogP contribution in [0.2, 0.25) is 5.02 Å². The summed E-state index contributed by atoms with van der Waals surface area (Å²) in [5.74, 6) is 1.21. The minimum atomic E-state index is -0.421. The molecule has 2 heterocycles. The first-order valence-corrected chi connectivity index (χ1v) is 5.72. The lowest BCUT2D eigenvalue weighted by molar-refractivity contribution is 0.508. The Kier molecular flexibility index (Phi) is 2.57. The van der Waals surface area contributed by atoms with Crippen LogP contribution in [0.4, 0.5) is 4.39 Å². The second-order valence-electron chi connectivity index (χ2n) is 3.90. The third-order valence-corrected chi connectivity index (χ3v) is 3.09. The van der Waals surface area contributed by atoms with E-state index >= 15 is 0 Å². The summed E-state index contributed by atoms with van der Waals surface area (Å²) >= 11 is 5.77. The van der Waals surface area contributed by atoms with Gasteiger partial charge in [-0.2, -0.15) is 0 Å². The van der Waals surface area contributed by atoms with Crippen molar-refractivity contribution in [3.8, 4) is 11.4 Å². The molecule has 1 aromatic heterocycles. The van der Waals surface area contributed by atoms with Crippen molar-refractivity contribution < 1.29 is 4.39 Å². The normalized spacial score (nSPS) is 14.7. The van der Waals surface area contributed by atoms with E-state index in [9.17, 15) is 4.39 Å². The van der Waals surface area contributed by atoms with Crippen LogP contribution in [0.3, 0.4) is 0 Å². The quantitative estimate of drug-likeness (QED) is 0.842. The molecular formula is C11H10ClFN4. The van der Waals surface area contributed by atoms with Gasteiger partial charge in [0.2, 0.25) is 0 Å². The van der Waals surface area contributed by atoms with E-state index in [1.807, 2.05) is 4.57 Å². The molecule has 1 aromatic carbocycles. The second-order valence-corrected chi connectivity index (χ2v) is 4.30. The minimum Gasteiger partial charge on any atom is -0.309 e. The third kappa shape index (κ3) is 1.81. The van der Waals surface area contributed by atoms with Gasteiger partial charge in [-0.05, 0) is 18.2 Å². The molecule has 1 aliphatic heterocycles. The number of rotatable bonds is 1. The molecule has 0 fully saturated rings. The molecular weight excluding hydrogens is 243 g/mol. The largest absolute Gasteiger partial charge is 0.309 e. The summed E-state index contributed by atoms with van der Waals surface area (Å²) < 4.78 is 15.1. The first-order chi connectivity index (χ1) is 8.25. The summed E-state index contributed by atoms with van der Waals surface area (Å²) in [6.07, 6.45) is 0. The number of aromatic nitrogens is 3. The van der Waals surface area contributed by atoms with Crippen LogP contribution in [0.5, 0.6) is 0 Å². The Morgan fingerprint density at radius 1 is 1.35 bits per heavy atom. The molecule has 0 saturated heterocycles. The van der Waals surface area contributed by atoms with Crippen LogP contribution in [-0.4, -0.2) is 21.3 Å². The molecule has 1 N–H and O–H groups in total. The lowest BCUT2D eigenvalue weighted by Gasteiger charge is -2.16. The van der Waals surface area contributed by atoms with Crippen molar-refractivity contribution in [3.63, 3.8) is 0 Å². The van der Waals surface area contributed by atoms with E-state index in [-0.39, 0.29) is 5.02 Å². The molecule has 1 aliphatic rings. The predicted molar refractivity (Wildman–Crippen MR) is 62.1 cm³/mol. The van der Waals surface area contributed by atoms with Gasteiger partial charge in [0.1, 0.15) is 11.6 Å². The zero-order valence-electron chi connectivity index (χ0n) is 8.95. The first kappa shape index (κ1) is 10.7. The van der Waals surface area contributed by atoms with Gasteiger partial charge in [-0.1, -0.05) is 11.6 Å². The molecule has 0 radical (unpaired) electrons. The van der Waals surface area contributed by atoms with Crippen molar-refractivity contribution in [3.05, 3.63) is 34.9 Å². The average Bonchev–Trinajstić information content (AvgIpc) is 2.76. The number of nitrogens with one attached hydrogen (secondary N) is 1. The summed E-state index contributed by atoms with van der Waals surface area (Å²) in [4.78, 5) is 0. The van der Waals surface area contributed by atoms with Gasteiger partial charge in [0.05, 0.1) is 11.6 Å². The first-order valence-electron chi connectivity index (χ1n) is 5.34. The molecule has 0 atom stereocenters. The van der Waals surface area contributed by atoms with E-state index in [2.05, 4.69) is 15.5 Å². The van der Waals surface area contributed by atoms with E-state index in [1.165, 1.54) is 6.07 Å². The minimum absolute atomic E-state index is 0.105. The Morgan fingerprint density at radius 2 is 2.24 bits per heavy atom. The Bertz CT molecular complexity index is 567. The van der Waals surface area contributed by atoms with Crippen LogP contribution in [0.15, 0.2) is 18.2 Å². The monoisotopic (exact) mass is 252 g/mol. The topological polar surface area (TPSA) is 42.7 Å². The van der Waals surface area contributed by atoms with Crippen molar-refractivity contribution in [2.24, 2.45) is 0 Å². The van der Waals surface area contributed by atoms with E-state index in [0.717, 1.165) is 30.3 Å². The van der Waals surface area contributed by atoms with Gasteiger partial charge in [-0.3, -0.25) is 0 Å². The van der Waals surface area contributed by atoms with Gasteiger partial charge in [-0.25, -0.2) is 4.39 Å². The number of nitrogens with zero attached hydrogens (tertiary/aromatic N) is 3. The van der Waals surface area contributed by atoms with Crippen molar-refractivity contribution >= 4 is 11.6 Å². The fourth-order valence-corrected chi connectivity index (χ4v) is 2.12. The fourth-order valence-electron chi connectivity index (χ4n) is 1.94. The molecule has 4 nitrogen and oxygen atoms in total. The SMILES string of the molecule is Fc1ccc(-c2nnc3n2CCNC3)cc1Cl. The van der Waals surface area contributed by atoms with Crippen LogP contribution in [0.25, 0.3) is 11.4 Å². The Hall–Kier alpha value is -1.46. The van der Waals surface area contributed by atoms with Crippen molar-refractivity contribution in [1.82, 2.24) is 20.1 Å². The summed E-state index contributed by atoms with van der Waals surface area (Å²) in [7, 11) is 0. The van der Waals surface area contributed by atoms with Gasteiger partial charge in [0, 0.05) is 18.7 Å². The molecule has 0 aliphatic carbocycles. The maximum atomic E-state index is 13.1. The zero-order valence-corrected chi connectivity index (χ0v) is 9.71. The lowest BCUT2D eigenvalue weighted by atomic mass is 10.2. The van der Waals surface area contributed by atoms with E-state index < -0.39 is 5.82 Å². The highest BCUT2D eigenvalue weighted by Gasteiger charge is 2.17. The van der Waals surface area contributed by atoms with E-state index in [1.54, 1.807) is 12.1 Å². The maximum Gasteiger partial charge on any atom is 0.164 e. The van der Waals surface area contributed by atoms with Gasteiger partial charge >= 0.3 is 0 Å². The van der Waals surface area contributed by atoms with Gasteiger partial charge < -0.3 is 9.88 Å². The molecule has 0 saturated carbocycles. The summed E-state index contributed by atoms with van der Waals surface area (Å²) in [5, 5.41) is 11.6. The summed E-state index contributed by atoms with van der Waals surface area (Å²) in [5.41, 5.74) is 0.789. The third-order valence-electron chi connectivity index (χ3n) is 2.80. The number of hydrogen-bond acceptors (Lipinski definition) is 3. The van der Waals surface area contributed by atoms with Crippen molar-refractivity contribution in [2.75, 3.05) is 6.54 Å². The van der Waals surface area contributed by atoms with Crippen LogP contribution >= 0.6 is 11.6 Å². The lowest BCUT2D eigenvalue weighted by Crippen LogP contribution is -2.28. The van der Waals surface area contributed by atoms with Crippen molar-refractivity contribution in [1.29, 1.82) is 0 Å². The number of benzene rings is 1. The predicted octanol–water partition coefficient (Wildman–Crippen LogP) is 1.84. The molecule has 17 heavy (non-hydrogen) atoms. The van der Waals surface area contributed by atoms with Crippen LogP contribution in [0, 0.1) is 5.82 Å². The van der Waals surface area contributed by atoms with Crippen molar-refractivity contribution in [2.45, 2.75) is 13.1 Å². The summed E-state index contributed by atoms with van der Waals surface area (Å²) in [6, 6.07) is 4.59.